The monoisotopic (exact) mass is 357 g/mol. The van der Waals surface area contributed by atoms with Crippen LogP contribution < -0.4 is 5.32 Å². The fourth-order valence-electron chi connectivity index (χ4n) is 3.54. The van der Waals surface area contributed by atoms with E-state index in [1.54, 1.807) is 4.90 Å². The quantitative estimate of drug-likeness (QED) is 0.791. The van der Waals surface area contributed by atoms with Crippen molar-refractivity contribution < 1.29 is 19.1 Å². The number of H-pyrrole nitrogens is 1. The largest absolute Gasteiger partial charge is 0.467 e. The molecule has 2 heterocycles. The highest BCUT2D eigenvalue weighted by Crippen LogP contribution is 2.21. The van der Waals surface area contributed by atoms with Crippen LogP contribution in [0, 0.1) is 0 Å². The number of rotatable bonds is 5. The second kappa shape index (κ2) is 7.59. The van der Waals surface area contributed by atoms with Gasteiger partial charge in [-0.1, -0.05) is 18.2 Å². The molecule has 1 aliphatic rings. The van der Waals surface area contributed by atoms with Crippen LogP contribution in [0.15, 0.2) is 30.5 Å². The summed E-state index contributed by atoms with van der Waals surface area (Å²) in [6.07, 6.45) is 3.54. The predicted molar refractivity (Wildman–Crippen MR) is 96.4 cm³/mol. The molecule has 138 valence electrons. The van der Waals surface area contributed by atoms with Gasteiger partial charge in [-0.3, -0.25) is 9.59 Å². The second-order valence-corrected chi connectivity index (χ2v) is 6.52. The molecule has 0 spiro atoms. The zero-order valence-electron chi connectivity index (χ0n) is 15.0. The van der Waals surface area contributed by atoms with Gasteiger partial charge in [0.25, 0.3) is 0 Å². The van der Waals surface area contributed by atoms with E-state index in [0.717, 1.165) is 22.9 Å². The lowest BCUT2D eigenvalue weighted by atomic mass is 10.0. The van der Waals surface area contributed by atoms with Crippen LogP contribution in [-0.2, 0) is 25.5 Å². The van der Waals surface area contributed by atoms with Crippen LogP contribution in [0.25, 0.3) is 10.9 Å². The first-order valence-electron chi connectivity index (χ1n) is 8.71. The Hall–Kier alpha value is -2.83. The van der Waals surface area contributed by atoms with Gasteiger partial charge in [0.15, 0.2) is 0 Å². The molecule has 0 bridgehead atoms. The Labute approximate surface area is 151 Å². The molecule has 2 aromatic rings. The van der Waals surface area contributed by atoms with E-state index < -0.39 is 18.1 Å². The lowest BCUT2D eigenvalue weighted by Gasteiger charge is -2.24. The first-order valence-corrected chi connectivity index (χ1v) is 8.71. The number of nitrogens with one attached hydrogen (secondary N) is 2. The highest BCUT2D eigenvalue weighted by molar-refractivity contribution is 5.91. The Kier molecular flexibility index (Phi) is 5.25. The molecule has 7 heteroatoms. The number of aromatic nitrogens is 1. The van der Waals surface area contributed by atoms with Crippen LogP contribution in [0.3, 0.4) is 0 Å². The van der Waals surface area contributed by atoms with Crippen molar-refractivity contribution in [2.24, 2.45) is 0 Å². The number of carbonyl (C=O) groups is 3. The highest BCUT2D eigenvalue weighted by Gasteiger charge is 2.34. The lowest BCUT2D eigenvalue weighted by Crippen LogP contribution is -2.51. The number of likely N-dealkylation sites (tertiary alicyclic amines) is 1. The molecule has 3 rings (SSSR count). The average Bonchev–Trinajstić information content (AvgIpc) is 3.28. The van der Waals surface area contributed by atoms with Crippen molar-refractivity contribution in [3.8, 4) is 0 Å². The minimum atomic E-state index is -0.805. The van der Waals surface area contributed by atoms with E-state index in [4.69, 9.17) is 4.74 Å². The number of para-hydroxylation sites is 1. The summed E-state index contributed by atoms with van der Waals surface area (Å²) in [5, 5.41) is 3.78. The fourth-order valence-corrected chi connectivity index (χ4v) is 3.54. The molecule has 0 aliphatic carbocycles. The zero-order valence-corrected chi connectivity index (χ0v) is 15.0. The molecular formula is C19H23N3O4. The number of fused-ring (bicyclic) bond motifs is 1. The number of hydrogen-bond acceptors (Lipinski definition) is 4. The minimum absolute atomic E-state index is 0.131. The number of nitrogens with zero attached hydrogens (tertiary/aromatic N) is 1. The van der Waals surface area contributed by atoms with E-state index in [1.807, 2.05) is 30.5 Å². The Bertz CT molecular complexity index is 829. The summed E-state index contributed by atoms with van der Waals surface area (Å²) in [6.45, 7) is 2.02. The van der Waals surface area contributed by atoms with Crippen molar-refractivity contribution in [3.63, 3.8) is 0 Å². The molecule has 0 saturated carbocycles. The predicted octanol–water partition coefficient (Wildman–Crippen LogP) is 1.38. The highest BCUT2D eigenvalue weighted by atomic mass is 16.5. The van der Waals surface area contributed by atoms with Gasteiger partial charge in [-0.05, 0) is 24.5 Å². The van der Waals surface area contributed by atoms with E-state index >= 15 is 0 Å². The molecule has 2 atom stereocenters. The van der Waals surface area contributed by atoms with Crippen LogP contribution in [0.2, 0.25) is 0 Å². The van der Waals surface area contributed by atoms with Crippen LogP contribution >= 0.6 is 0 Å². The fraction of sp³-hybridized carbons (Fsp3) is 0.421. The van der Waals surface area contributed by atoms with E-state index in [-0.39, 0.29) is 11.8 Å². The SMILES string of the molecule is COC(=O)C(Cc1c[nH]c2ccccc12)NC(=O)C1CCCN1C(C)=O. The van der Waals surface area contributed by atoms with Gasteiger partial charge in [-0.2, -0.15) is 0 Å². The normalized spacial score (nSPS) is 17.9. The van der Waals surface area contributed by atoms with E-state index in [1.165, 1.54) is 14.0 Å². The molecule has 7 nitrogen and oxygen atoms in total. The second-order valence-electron chi connectivity index (χ2n) is 6.52. The van der Waals surface area contributed by atoms with Crippen molar-refractivity contribution in [1.29, 1.82) is 0 Å². The summed E-state index contributed by atoms with van der Waals surface area (Å²) < 4.78 is 4.87. The Morgan fingerprint density at radius 2 is 2.12 bits per heavy atom. The van der Waals surface area contributed by atoms with Crippen LogP contribution in [0.5, 0.6) is 0 Å². The number of hydrogen-bond donors (Lipinski definition) is 2. The van der Waals surface area contributed by atoms with Gasteiger partial charge in [0.05, 0.1) is 7.11 Å². The number of esters is 1. The van der Waals surface area contributed by atoms with Crippen molar-refractivity contribution in [2.45, 2.75) is 38.3 Å². The molecule has 1 fully saturated rings. The standard InChI is InChI=1S/C19H23N3O4/c1-12(23)22-9-5-8-17(22)18(24)21-16(19(25)26-2)10-13-11-20-15-7-4-3-6-14(13)15/h3-4,6-7,11,16-17,20H,5,8-10H2,1-2H3,(H,21,24). The van der Waals surface area contributed by atoms with Gasteiger partial charge in [-0.25, -0.2) is 4.79 Å². The summed E-state index contributed by atoms with van der Waals surface area (Å²) in [6, 6.07) is 6.44. The molecule has 1 saturated heterocycles. The molecule has 1 aromatic carbocycles. The molecule has 0 radical (unpaired) electrons. The summed E-state index contributed by atoms with van der Waals surface area (Å²) in [5.74, 6) is -0.946. The van der Waals surface area contributed by atoms with Gasteiger partial charge < -0.3 is 19.9 Å². The Morgan fingerprint density at radius 1 is 1.35 bits per heavy atom. The maximum Gasteiger partial charge on any atom is 0.328 e. The lowest BCUT2D eigenvalue weighted by molar-refractivity contribution is -0.146. The number of methoxy groups -OCH3 is 1. The number of ether oxygens (including phenoxy) is 1. The summed E-state index contributed by atoms with van der Waals surface area (Å²) in [5.41, 5.74) is 1.89. The van der Waals surface area contributed by atoms with E-state index in [0.29, 0.717) is 19.4 Å². The van der Waals surface area contributed by atoms with Gasteiger partial charge >= 0.3 is 5.97 Å². The summed E-state index contributed by atoms with van der Waals surface area (Å²) in [4.78, 5) is 41.3. The number of amides is 2. The first-order chi connectivity index (χ1) is 12.5. The zero-order chi connectivity index (χ0) is 18.7. The first kappa shape index (κ1) is 18.0. The van der Waals surface area contributed by atoms with E-state index in [2.05, 4.69) is 10.3 Å². The molecular weight excluding hydrogens is 334 g/mol. The third-order valence-electron chi connectivity index (χ3n) is 4.86. The van der Waals surface area contributed by atoms with Crippen molar-refractivity contribution >= 4 is 28.7 Å². The van der Waals surface area contributed by atoms with Crippen molar-refractivity contribution in [2.75, 3.05) is 13.7 Å². The molecule has 26 heavy (non-hydrogen) atoms. The number of carbonyl (C=O) groups excluding carboxylic acids is 3. The maximum absolute atomic E-state index is 12.7. The maximum atomic E-state index is 12.7. The number of aromatic amines is 1. The molecule has 1 aliphatic heterocycles. The molecule has 2 unspecified atom stereocenters. The summed E-state index contributed by atoms with van der Waals surface area (Å²) in [7, 11) is 1.30. The third-order valence-corrected chi connectivity index (χ3v) is 4.86. The third kappa shape index (κ3) is 3.56. The van der Waals surface area contributed by atoms with Crippen molar-refractivity contribution in [1.82, 2.24) is 15.2 Å². The number of benzene rings is 1. The Morgan fingerprint density at radius 3 is 2.85 bits per heavy atom. The smallest absolute Gasteiger partial charge is 0.328 e. The average molecular weight is 357 g/mol. The van der Waals surface area contributed by atoms with Crippen LogP contribution in [0.1, 0.15) is 25.3 Å². The van der Waals surface area contributed by atoms with Gasteiger partial charge in [0, 0.05) is 37.0 Å². The van der Waals surface area contributed by atoms with Gasteiger partial charge in [-0.15, -0.1) is 0 Å². The van der Waals surface area contributed by atoms with E-state index in [9.17, 15) is 14.4 Å². The summed E-state index contributed by atoms with van der Waals surface area (Å²) >= 11 is 0. The topological polar surface area (TPSA) is 91.5 Å². The van der Waals surface area contributed by atoms with Crippen LogP contribution in [0.4, 0.5) is 0 Å². The minimum Gasteiger partial charge on any atom is -0.467 e. The Balaban J connectivity index is 1.77. The van der Waals surface area contributed by atoms with Gasteiger partial charge in [0.1, 0.15) is 12.1 Å². The van der Waals surface area contributed by atoms with Crippen LogP contribution in [-0.4, -0.2) is 53.4 Å². The molecule has 1 aromatic heterocycles. The molecule has 2 N–H and O–H groups in total. The van der Waals surface area contributed by atoms with Gasteiger partial charge in [0.2, 0.25) is 11.8 Å². The molecule has 2 amide bonds. The van der Waals surface area contributed by atoms with Crippen molar-refractivity contribution in [3.05, 3.63) is 36.0 Å².